The van der Waals surface area contributed by atoms with Gasteiger partial charge in [0.1, 0.15) is 6.04 Å². The summed E-state index contributed by atoms with van der Waals surface area (Å²) in [6.45, 7) is 0.290. The van der Waals surface area contributed by atoms with Gasteiger partial charge in [-0.1, -0.05) is 47.5 Å². The Hall–Kier alpha value is -1.25. The van der Waals surface area contributed by atoms with Crippen LogP contribution in [0, 0.1) is 0 Å². The number of sulfonamides is 1. The Kier molecular flexibility index (Phi) is 8.64. The molecule has 0 saturated carbocycles. The SMILES string of the molecule is CSCCC(NS(=O)(=O)c1ccccc1)C(=O)N(C)Cc1ccc(Cl)c(Cl)c1. The third kappa shape index (κ3) is 6.39. The first-order valence-corrected chi connectivity index (χ1v) is 12.1. The van der Waals surface area contributed by atoms with E-state index in [1.54, 1.807) is 55.2 Å². The zero-order valence-electron chi connectivity index (χ0n) is 15.6. The predicted octanol–water partition coefficient (Wildman–Crippen LogP) is 4.05. The Morgan fingerprint density at radius 2 is 1.82 bits per heavy atom. The minimum absolute atomic E-state index is 0.129. The number of nitrogens with zero attached hydrogens (tertiary/aromatic N) is 1. The van der Waals surface area contributed by atoms with Gasteiger partial charge in [-0.15, -0.1) is 0 Å². The summed E-state index contributed by atoms with van der Waals surface area (Å²) in [7, 11) is -2.17. The fourth-order valence-corrected chi connectivity index (χ4v) is 4.62. The third-order valence-corrected chi connectivity index (χ3v) is 6.91. The second kappa shape index (κ2) is 10.5. The number of halogens is 2. The molecule has 0 aliphatic heterocycles. The van der Waals surface area contributed by atoms with Gasteiger partial charge in [0.2, 0.25) is 15.9 Å². The van der Waals surface area contributed by atoms with Crippen molar-refractivity contribution in [1.29, 1.82) is 0 Å². The van der Waals surface area contributed by atoms with Gasteiger partial charge < -0.3 is 4.90 Å². The second-order valence-corrected chi connectivity index (χ2v) is 9.73. The van der Waals surface area contributed by atoms with Crippen molar-refractivity contribution in [3.8, 4) is 0 Å². The first-order valence-electron chi connectivity index (χ1n) is 8.50. The van der Waals surface area contributed by atoms with E-state index in [1.807, 2.05) is 6.26 Å². The highest BCUT2D eigenvalue weighted by Gasteiger charge is 2.27. The largest absolute Gasteiger partial charge is 0.340 e. The lowest BCUT2D eigenvalue weighted by Crippen LogP contribution is -2.47. The van der Waals surface area contributed by atoms with Crippen LogP contribution in [0.2, 0.25) is 10.0 Å². The van der Waals surface area contributed by atoms with E-state index < -0.39 is 16.1 Å². The number of thioether (sulfide) groups is 1. The Bertz CT molecular complexity index is 909. The lowest BCUT2D eigenvalue weighted by Gasteiger charge is -2.24. The normalized spacial score (nSPS) is 12.6. The summed E-state index contributed by atoms with van der Waals surface area (Å²) in [4.78, 5) is 14.6. The first kappa shape index (κ1) is 23.0. The number of carbonyl (C=O) groups is 1. The van der Waals surface area contributed by atoms with Crippen LogP contribution < -0.4 is 4.72 Å². The van der Waals surface area contributed by atoms with Crippen LogP contribution in [-0.4, -0.2) is 44.3 Å². The molecule has 0 aromatic heterocycles. The summed E-state index contributed by atoms with van der Waals surface area (Å²) >= 11 is 13.5. The Morgan fingerprint density at radius 3 is 2.43 bits per heavy atom. The molecule has 1 unspecified atom stereocenters. The van der Waals surface area contributed by atoms with Gasteiger partial charge in [0.25, 0.3) is 0 Å². The summed E-state index contributed by atoms with van der Waals surface area (Å²) in [5.74, 6) is 0.341. The van der Waals surface area contributed by atoms with Gasteiger partial charge in [-0.3, -0.25) is 4.79 Å². The van der Waals surface area contributed by atoms with Crippen LogP contribution in [-0.2, 0) is 21.4 Å². The van der Waals surface area contributed by atoms with Crippen LogP contribution in [0.1, 0.15) is 12.0 Å². The predicted molar refractivity (Wildman–Crippen MR) is 116 cm³/mol. The average molecular weight is 461 g/mol. The molecular weight excluding hydrogens is 439 g/mol. The van der Waals surface area contributed by atoms with Gasteiger partial charge in [0, 0.05) is 13.6 Å². The summed E-state index contributed by atoms with van der Waals surface area (Å²) < 4.78 is 27.9. The number of likely N-dealkylation sites (N-methyl/N-ethyl adjacent to an activating group) is 1. The molecule has 2 aromatic carbocycles. The lowest BCUT2D eigenvalue weighted by molar-refractivity contribution is -0.132. The molecule has 0 heterocycles. The Balaban J connectivity index is 2.16. The topological polar surface area (TPSA) is 66.5 Å². The van der Waals surface area contributed by atoms with Crippen LogP contribution >= 0.6 is 35.0 Å². The number of nitrogens with one attached hydrogen (secondary N) is 1. The maximum absolute atomic E-state index is 12.9. The van der Waals surface area contributed by atoms with E-state index in [9.17, 15) is 13.2 Å². The third-order valence-electron chi connectivity index (χ3n) is 4.04. The molecule has 0 saturated heterocycles. The summed E-state index contributed by atoms with van der Waals surface area (Å²) in [5, 5.41) is 0.844. The number of carbonyl (C=O) groups excluding carboxylic acids is 1. The van der Waals surface area contributed by atoms with Crippen LogP contribution in [0.15, 0.2) is 53.4 Å². The molecule has 5 nitrogen and oxygen atoms in total. The Labute approximate surface area is 180 Å². The molecule has 1 amide bonds. The van der Waals surface area contributed by atoms with E-state index in [0.29, 0.717) is 28.8 Å². The summed E-state index contributed by atoms with van der Waals surface area (Å²) in [6.07, 6.45) is 2.30. The molecule has 0 fully saturated rings. The van der Waals surface area contributed by atoms with Crippen molar-refractivity contribution in [3.63, 3.8) is 0 Å². The van der Waals surface area contributed by atoms with E-state index in [2.05, 4.69) is 4.72 Å². The fourth-order valence-electron chi connectivity index (χ4n) is 2.58. The van der Waals surface area contributed by atoms with Gasteiger partial charge in [0.05, 0.1) is 14.9 Å². The van der Waals surface area contributed by atoms with Crippen molar-refractivity contribution >= 4 is 50.9 Å². The molecule has 0 aliphatic carbocycles. The molecule has 2 aromatic rings. The zero-order valence-corrected chi connectivity index (χ0v) is 18.7. The molecule has 0 radical (unpaired) electrons. The average Bonchev–Trinajstić information content (AvgIpc) is 2.68. The van der Waals surface area contributed by atoms with Crippen molar-refractivity contribution < 1.29 is 13.2 Å². The molecule has 9 heteroatoms. The maximum atomic E-state index is 12.9. The van der Waals surface area contributed by atoms with Crippen molar-refractivity contribution in [2.24, 2.45) is 0 Å². The lowest BCUT2D eigenvalue weighted by atomic mass is 10.1. The quantitative estimate of drug-likeness (QED) is 0.612. The fraction of sp³-hybridized carbons (Fsp3) is 0.316. The molecule has 0 spiro atoms. The summed E-state index contributed by atoms with van der Waals surface area (Å²) in [6, 6.07) is 12.3. The minimum Gasteiger partial charge on any atom is -0.340 e. The number of benzene rings is 2. The van der Waals surface area contributed by atoms with Gasteiger partial charge in [-0.2, -0.15) is 16.5 Å². The maximum Gasteiger partial charge on any atom is 0.241 e. The van der Waals surface area contributed by atoms with Gasteiger partial charge in [0.15, 0.2) is 0 Å². The van der Waals surface area contributed by atoms with Crippen LogP contribution in [0.3, 0.4) is 0 Å². The van der Waals surface area contributed by atoms with E-state index in [-0.39, 0.29) is 10.8 Å². The molecule has 1 atom stereocenters. The van der Waals surface area contributed by atoms with Gasteiger partial charge in [-0.05, 0) is 48.3 Å². The smallest absolute Gasteiger partial charge is 0.241 e. The molecule has 1 N–H and O–H groups in total. The molecule has 0 aliphatic rings. The number of hydrogen-bond acceptors (Lipinski definition) is 4. The van der Waals surface area contributed by atoms with Crippen LogP contribution in [0.5, 0.6) is 0 Å². The van der Waals surface area contributed by atoms with Gasteiger partial charge >= 0.3 is 0 Å². The number of amides is 1. The van der Waals surface area contributed by atoms with Crippen molar-refractivity contribution in [1.82, 2.24) is 9.62 Å². The van der Waals surface area contributed by atoms with Crippen LogP contribution in [0.25, 0.3) is 0 Å². The monoisotopic (exact) mass is 460 g/mol. The number of rotatable bonds is 9. The van der Waals surface area contributed by atoms with Crippen molar-refractivity contribution in [3.05, 3.63) is 64.1 Å². The molecule has 28 heavy (non-hydrogen) atoms. The van der Waals surface area contributed by atoms with Gasteiger partial charge in [-0.25, -0.2) is 8.42 Å². The molecule has 2 rings (SSSR count). The van der Waals surface area contributed by atoms with Crippen molar-refractivity contribution in [2.75, 3.05) is 19.1 Å². The van der Waals surface area contributed by atoms with Crippen LogP contribution in [0.4, 0.5) is 0 Å². The molecule has 0 bridgehead atoms. The van der Waals surface area contributed by atoms with E-state index in [0.717, 1.165) is 5.56 Å². The van der Waals surface area contributed by atoms with E-state index >= 15 is 0 Å². The highest BCUT2D eigenvalue weighted by atomic mass is 35.5. The first-order chi connectivity index (χ1) is 13.2. The second-order valence-electron chi connectivity index (χ2n) is 6.21. The minimum atomic E-state index is -3.80. The summed E-state index contributed by atoms with van der Waals surface area (Å²) in [5.41, 5.74) is 0.805. The highest BCUT2D eigenvalue weighted by molar-refractivity contribution is 7.98. The Morgan fingerprint density at radius 1 is 1.14 bits per heavy atom. The van der Waals surface area contributed by atoms with E-state index in [1.165, 1.54) is 17.0 Å². The standard InChI is InChI=1S/C19H22Cl2N2O3S2/c1-23(13-14-8-9-16(20)17(21)12-14)19(24)18(10-11-27-2)22-28(25,26)15-6-4-3-5-7-15/h3-9,12,18,22H,10-11,13H2,1-2H3. The van der Waals surface area contributed by atoms with E-state index in [4.69, 9.17) is 23.2 Å². The molecule has 152 valence electrons. The zero-order chi connectivity index (χ0) is 20.7. The molecular formula is C19H22Cl2N2O3S2. The highest BCUT2D eigenvalue weighted by Crippen LogP contribution is 2.23. The van der Waals surface area contributed by atoms with Crippen molar-refractivity contribution in [2.45, 2.75) is 23.9 Å². The number of hydrogen-bond donors (Lipinski definition) is 1.